The van der Waals surface area contributed by atoms with Crippen LogP contribution in [0.4, 0.5) is 5.69 Å². The summed E-state index contributed by atoms with van der Waals surface area (Å²) in [7, 11) is 0. The number of benzene rings is 2. The molecule has 1 aliphatic rings. The number of aliphatic imine (C=N–C) groups is 1. The van der Waals surface area contributed by atoms with E-state index < -0.39 is 0 Å². The normalized spacial score (nSPS) is 13.9. The van der Waals surface area contributed by atoms with Gasteiger partial charge in [0.05, 0.1) is 5.69 Å². The largest absolute Gasteiger partial charge is 0.304 e. The van der Waals surface area contributed by atoms with Gasteiger partial charge in [-0.2, -0.15) is 0 Å². The third-order valence-electron chi connectivity index (χ3n) is 3.07. The zero-order chi connectivity index (χ0) is 12.4. The molecule has 19 heavy (non-hydrogen) atoms. The Morgan fingerprint density at radius 1 is 1.00 bits per heavy atom. The summed E-state index contributed by atoms with van der Waals surface area (Å²) in [6.45, 7) is 0. The second-order valence-electron chi connectivity index (χ2n) is 4.29. The van der Waals surface area contributed by atoms with Gasteiger partial charge in [0.2, 0.25) is 0 Å². The van der Waals surface area contributed by atoms with Crippen LogP contribution in [-0.2, 0) is 31.3 Å². The van der Waals surface area contributed by atoms with Crippen LogP contribution in [0.2, 0.25) is 0 Å². The minimum Gasteiger partial charge on any atom is -0.304 e. The first-order valence-corrected chi connectivity index (χ1v) is 6.01. The van der Waals surface area contributed by atoms with Crippen molar-refractivity contribution in [2.75, 3.05) is 0 Å². The molecule has 2 aromatic carbocycles. The van der Waals surface area contributed by atoms with Crippen molar-refractivity contribution in [3.05, 3.63) is 65.7 Å². The summed E-state index contributed by atoms with van der Waals surface area (Å²) in [6, 6.07) is 18.5. The number of ketones is 1. The first-order chi connectivity index (χ1) is 8.84. The quantitative estimate of drug-likeness (QED) is 0.645. The molecule has 0 saturated heterocycles. The maximum Gasteiger partial charge on any atom is 0.140 e. The van der Waals surface area contributed by atoms with Crippen LogP contribution in [0.5, 0.6) is 0 Å². The van der Waals surface area contributed by atoms with Crippen LogP contribution < -0.4 is 0 Å². The van der Waals surface area contributed by atoms with E-state index in [9.17, 15) is 4.79 Å². The van der Waals surface area contributed by atoms with Crippen molar-refractivity contribution in [3.8, 4) is 0 Å². The predicted octanol–water partition coefficient (Wildman–Crippen LogP) is 3.12. The summed E-state index contributed by atoms with van der Waals surface area (Å²) in [5, 5.41) is 0. The van der Waals surface area contributed by atoms with Gasteiger partial charge in [-0.1, -0.05) is 18.2 Å². The molecule has 1 radical (unpaired) electrons. The van der Waals surface area contributed by atoms with Crippen molar-refractivity contribution >= 4 is 17.2 Å². The Bertz CT molecular complexity index is 620. The summed E-state index contributed by atoms with van der Waals surface area (Å²) in [5.41, 5.74) is 3.34. The van der Waals surface area contributed by atoms with Gasteiger partial charge in [-0.25, -0.2) is 0 Å². The fourth-order valence-electron chi connectivity index (χ4n) is 2.13. The monoisotopic (exact) mass is 427 g/mol. The number of Topliss-reactive ketones (excluding diaryl/α,β-unsaturated/α-hetero) is 1. The van der Waals surface area contributed by atoms with Crippen LogP contribution in [-0.4, -0.2) is 11.5 Å². The number of hydrogen-bond acceptors (Lipinski definition) is 2. The van der Waals surface area contributed by atoms with E-state index in [4.69, 9.17) is 0 Å². The number of rotatable bonds is 1. The first kappa shape index (κ1) is 13.9. The Kier molecular flexibility index (Phi) is 4.41. The van der Waals surface area contributed by atoms with Gasteiger partial charge >= 0.3 is 0 Å². The van der Waals surface area contributed by atoms with Crippen LogP contribution in [0.1, 0.15) is 17.5 Å². The van der Waals surface area contributed by atoms with E-state index >= 15 is 0 Å². The second kappa shape index (κ2) is 6.05. The maximum atomic E-state index is 12.1. The Hall–Kier alpha value is -1.57. The number of para-hydroxylation sites is 1. The molecule has 1 aliphatic heterocycles. The molecule has 0 amide bonds. The number of aryl methyl sites for hydroxylation is 1. The topological polar surface area (TPSA) is 29.4 Å². The molecule has 2 aromatic rings. The molecule has 3 heteroatoms. The molecule has 3 rings (SSSR count). The van der Waals surface area contributed by atoms with E-state index in [1.807, 2.05) is 48.5 Å². The molecule has 0 spiro atoms. The molecule has 97 valence electrons. The first-order valence-electron chi connectivity index (χ1n) is 6.01. The molecular weight excluding hydrogens is 414 g/mol. The van der Waals surface area contributed by atoms with E-state index in [2.05, 4.69) is 11.1 Å². The Morgan fingerprint density at radius 2 is 1.79 bits per heavy atom. The second-order valence-corrected chi connectivity index (χ2v) is 4.29. The number of hydrogen-bond donors (Lipinski definition) is 0. The van der Waals surface area contributed by atoms with Gasteiger partial charge in [0.15, 0.2) is 0 Å². The van der Waals surface area contributed by atoms with E-state index in [1.165, 1.54) is 0 Å². The Morgan fingerprint density at radius 3 is 2.58 bits per heavy atom. The third kappa shape index (κ3) is 2.89. The molecule has 0 aromatic heterocycles. The van der Waals surface area contributed by atoms with E-state index in [1.54, 1.807) is 0 Å². The van der Waals surface area contributed by atoms with Crippen LogP contribution in [0.25, 0.3) is 0 Å². The van der Waals surface area contributed by atoms with Crippen molar-refractivity contribution in [2.45, 2.75) is 12.8 Å². The average Bonchev–Trinajstić information content (AvgIpc) is 2.60. The zero-order valence-electron chi connectivity index (χ0n) is 10.2. The molecule has 2 nitrogen and oxygen atoms in total. The van der Waals surface area contributed by atoms with E-state index in [0.29, 0.717) is 12.1 Å². The summed E-state index contributed by atoms with van der Waals surface area (Å²) < 4.78 is 0. The van der Waals surface area contributed by atoms with Crippen LogP contribution in [0.3, 0.4) is 0 Å². The third-order valence-corrected chi connectivity index (χ3v) is 3.07. The van der Waals surface area contributed by atoms with Gasteiger partial charge in [0.25, 0.3) is 0 Å². The molecule has 0 fully saturated rings. The van der Waals surface area contributed by atoms with Crippen molar-refractivity contribution in [3.63, 3.8) is 0 Å². The van der Waals surface area contributed by atoms with Gasteiger partial charge in [-0.05, 0) is 18.1 Å². The van der Waals surface area contributed by atoms with Crippen molar-refractivity contribution < 1.29 is 24.9 Å². The SMILES string of the molecule is O=C1CCc2ccccc2N=C1c1[c-]cccc1.[Ir]. The fraction of sp³-hybridized carbons (Fsp3) is 0.125. The van der Waals surface area contributed by atoms with Crippen molar-refractivity contribution in [2.24, 2.45) is 4.99 Å². The molecular formula is C16H12IrNO-. The number of fused-ring (bicyclic) bond motifs is 1. The summed E-state index contributed by atoms with van der Waals surface area (Å²) in [5.74, 6) is 0.0913. The Balaban J connectivity index is 0.00000133. The molecule has 0 atom stereocenters. The van der Waals surface area contributed by atoms with Crippen LogP contribution in [0, 0.1) is 6.07 Å². The Labute approximate surface area is 125 Å². The van der Waals surface area contributed by atoms with Gasteiger partial charge in [0.1, 0.15) is 5.78 Å². The minimum absolute atomic E-state index is 0. The minimum atomic E-state index is 0. The van der Waals surface area contributed by atoms with Crippen LogP contribution >= 0.6 is 0 Å². The molecule has 1 heterocycles. The summed E-state index contributed by atoms with van der Waals surface area (Å²) >= 11 is 0. The van der Waals surface area contributed by atoms with E-state index in [-0.39, 0.29) is 25.9 Å². The maximum absolute atomic E-state index is 12.1. The van der Waals surface area contributed by atoms with Crippen molar-refractivity contribution in [1.29, 1.82) is 0 Å². The van der Waals surface area contributed by atoms with E-state index in [0.717, 1.165) is 23.2 Å². The smallest absolute Gasteiger partial charge is 0.140 e. The molecule has 0 unspecified atom stereocenters. The van der Waals surface area contributed by atoms with Gasteiger partial charge in [0, 0.05) is 32.2 Å². The molecule has 0 N–H and O–H groups in total. The average molecular weight is 426 g/mol. The number of carbonyl (C=O) groups is 1. The zero-order valence-corrected chi connectivity index (χ0v) is 12.6. The van der Waals surface area contributed by atoms with Gasteiger partial charge in [-0.15, -0.1) is 35.9 Å². The number of nitrogens with zero attached hydrogens (tertiary/aromatic N) is 1. The van der Waals surface area contributed by atoms with Crippen LogP contribution in [0.15, 0.2) is 53.5 Å². The molecule has 0 aliphatic carbocycles. The standard InChI is InChI=1S/C16H12NO.Ir/c18-15-11-10-12-6-4-5-9-14(12)17-16(15)13-7-2-1-3-8-13;/h1-7,9H,10-11H2;/q-1;. The summed E-state index contributed by atoms with van der Waals surface area (Å²) in [6.07, 6.45) is 1.27. The molecule has 0 bridgehead atoms. The molecule has 0 saturated carbocycles. The van der Waals surface area contributed by atoms with Crippen molar-refractivity contribution in [1.82, 2.24) is 0 Å². The van der Waals surface area contributed by atoms with Gasteiger partial charge < -0.3 is 4.79 Å². The van der Waals surface area contributed by atoms with Gasteiger partial charge in [-0.3, -0.25) is 4.99 Å². The predicted molar refractivity (Wildman–Crippen MR) is 71.2 cm³/mol. The summed E-state index contributed by atoms with van der Waals surface area (Å²) in [4.78, 5) is 16.7. The fourth-order valence-corrected chi connectivity index (χ4v) is 2.13. The number of carbonyl (C=O) groups excluding carboxylic acids is 1.